The van der Waals surface area contributed by atoms with Crippen molar-refractivity contribution in [2.75, 3.05) is 0 Å². The summed E-state index contributed by atoms with van der Waals surface area (Å²) in [6, 6.07) is 17.2. The van der Waals surface area contributed by atoms with Crippen molar-refractivity contribution < 1.29 is 27.6 Å². The van der Waals surface area contributed by atoms with Gasteiger partial charge in [0.25, 0.3) is 0 Å². The molecule has 0 spiro atoms. The van der Waals surface area contributed by atoms with E-state index in [1.165, 1.54) is 66.7 Å². The van der Waals surface area contributed by atoms with E-state index < -0.39 is 10.1 Å². The normalized spacial score (nSPS) is 11.4. The van der Waals surface area contributed by atoms with Crippen molar-refractivity contribution in [3.8, 4) is 17.2 Å². The van der Waals surface area contributed by atoms with Crippen molar-refractivity contribution >= 4 is 22.0 Å². The van der Waals surface area contributed by atoms with Crippen molar-refractivity contribution in [2.45, 2.75) is 4.90 Å². The Morgan fingerprint density at radius 2 is 1.50 bits per heavy atom. The summed E-state index contributed by atoms with van der Waals surface area (Å²) in [5.41, 5.74) is 0.844. The van der Waals surface area contributed by atoms with Gasteiger partial charge in [0.15, 0.2) is 5.78 Å². The van der Waals surface area contributed by atoms with Gasteiger partial charge in [0.2, 0.25) is 0 Å². The molecule has 0 aliphatic rings. The molecule has 0 amide bonds. The maximum absolute atomic E-state index is 12.2. The van der Waals surface area contributed by atoms with Crippen LogP contribution in [-0.2, 0) is 10.1 Å². The predicted octanol–water partition coefficient (Wildman–Crippen LogP) is 3.76. The van der Waals surface area contributed by atoms with Gasteiger partial charge >= 0.3 is 10.1 Å². The first-order valence-corrected chi connectivity index (χ1v) is 9.60. The maximum atomic E-state index is 12.2. The Morgan fingerprint density at radius 3 is 2.14 bits per heavy atom. The summed E-state index contributed by atoms with van der Waals surface area (Å²) < 4.78 is 29.5. The molecule has 0 saturated carbocycles. The van der Waals surface area contributed by atoms with Crippen LogP contribution in [0.3, 0.4) is 0 Å². The Kier molecular flexibility index (Phi) is 5.47. The van der Waals surface area contributed by atoms with E-state index in [0.29, 0.717) is 11.1 Å². The Morgan fingerprint density at radius 1 is 0.857 bits per heavy atom. The third-order valence-electron chi connectivity index (χ3n) is 3.82. The van der Waals surface area contributed by atoms with Gasteiger partial charge in [-0.25, -0.2) is 0 Å². The minimum absolute atomic E-state index is 0.0503. The Labute approximate surface area is 162 Å². The molecule has 0 saturated heterocycles. The van der Waals surface area contributed by atoms with Gasteiger partial charge in [0.1, 0.15) is 22.1 Å². The van der Waals surface area contributed by atoms with Gasteiger partial charge in [-0.2, -0.15) is 8.42 Å². The van der Waals surface area contributed by atoms with Crippen LogP contribution < -0.4 is 4.18 Å². The van der Waals surface area contributed by atoms with Crippen LogP contribution in [0.2, 0.25) is 0 Å². The molecule has 7 heteroatoms. The molecule has 6 nitrogen and oxygen atoms in total. The summed E-state index contributed by atoms with van der Waals surface area (Å²) >= 11 is 0. The minimum Gasteiger partial charge on any atom is -0.508 e. The van der Waals surface area contributed by atoms with Crippen LogP contribution in [0, 0.1) is 0 Å². The number of allylic oxidation sites excluding steroid dienone is 1. The van der Waals surface area contributed by atoms with E-state index in [2.05, 4.69) is 0 Å². The molecule has 0 radical (unpaired) electrons. The second-order valence-electron chi connectivity index (χ2n) is 5.81. The molecule has 0 aromatic heterocycles. The van der Waals surface area contributed by atoms with Gasteiger partial charge in [-0.15, -0.1) is 0 Å². The second-order valence-corrected chi connectivity index (χ2v) is 7.36. The van der Waals surface area contributed by atoms with Crippen molar-refractivity contribution in [3.05, 3.63) is 90.0 Å². The number of phenolic OH excluding ortho intramolecular Hbond substituents is 2. The highest BCUT2D eigenvalue weighted by Gasteiger charge is 2.16. The van der Waals surface area contributed by atoms with E-state index in [4.69, 9.17) is 4.18 Å². The maximum Gasteiger partial charge on any atom is 0.339 e. The van der Waals surface area contributed by atoms with Crippen LogP contribution in [0.4, 0.5) is 0 Å². The Bertz CT molecular complexity index is 1110. The molecular weight excluding hydrogens is 380 g/mol. The predicted molar refractivity (Wildman–Crippen MR) is 104 cm³/mol. The number of ketones is 1. The number of benzene rings is 3. The molecule has 0 fully saturated rings. The molecule has 3 rings (SSSR count). The first-order chi connectivity index (χ1) is 13.3. The lowest BCUT2D eigenvalue weighted by Gasteiger charge is -2.07. The smallest absolute Gasteiger partial charge is 0.339 e. The Hall–Kier alpha value is -3.58. The molecule has 2 N–H and O–H groups in total. The fourth-order valence-electron chi connectivity index (χ4n) is 2.35. The monoisotopic (exact) mass is 396 g/mol. The molecule has 3 aromatic carbocycles. The van der Waals surface area contributed by atoms with Gasteiger partial charge in [-0.05, 0) is 66.7 Å². The van der Waals surface area contributed by atoms with Crippen LogP contribution in [0.5, 0.6) is 17.2 Å². The first-order valence-electron chi connectivity index (χ1n) is 8.19. The summed E-state index contributed by atoms with van der Waals surface area (Å²) in [6.45, 7) is 0. The van der Waals surface area contributed by atoms with E-state index >= 15 is 0 Å². The summed E-state index contributed by atoms with van der Waals surface area (Å²) in [5, 5.41) is 18.9. The number of rotatable bonds is 6. The molecule has 0 aliphatic heterocycles. The topological polar surface area (TPSA) is 101 Å². The minimum atomic E-state index is -4.05. The quantitative estimate of drug-likeness (QED) is 0.374. The number of phenols is 2. The largest absolute Gasteiger partial charge is 0.508 e. The number of carbonyl (C=O) groups is 1. The lowest BCUT2D eigenvalue weighted by Crippen LogP contribution is -2.09. The average molecular weight is 396 g/mol. The van der Waals surface area contributed by atoms with Crippen LogP contribution in [0.1, 0.15) is 15.9 Å². The molecule has 142 valence electrons. The fourth-order valence-corrected chi connectivity index (χ4v) is 3.28. The molecule has 28 heavy (non-hydrogen) atoms. The van der Waals surface area contributed by atoms with E-state index in [9.17, 15) is 23.4 Å². The second kappa shape index (κ2) is 7.98. The standard InChI is InChI=1S/C21H16O6S/c22-17-8-12-19(13-9-17)28(25,26)27-18-10-5-16(6-11-18)21(24)14-7-15-3-1-2-4-20(15)23/h1-14,22-23H/b14-7+. The van der Waals surface area contributed by atoms with E-state index in [1.54, 1.807) is 18.2 Å². The highest BCUT2D eigenvalue weighted by molar-refractivity contribution is 7.87. The number of hydrogen-bond donors (Lipinski definition) is 2. The molecule has 0 aliphatic carbocycles. The summed E-state index contributed by atoms with van der Waals surface area (Å²) in [6.07, 6.45) is 2.81. The molecule has 0 atom stereocenters. The lowest BCUT2D eigenvalue weighted by atomic mass is 10.1. The van der Waals surface area contributed by atoms with Crippen molar-refractivity contribution in [3.63, 3.8) is 0 Å². The van der Waals surface area contributed by atoms with Crippen molar-refractivity contribution in [2.24, 2.45) is 0 Å². The lowest BCUT2D eigenvalue weighted by molar-refractivity contribution is 0.104. The molecular formula is C21H16O6S. The molecule has 0 heterocycles. The summed E-state index contributed by atoms with van der Waals surface area (Å²) in [5.74, 6) is -0.251. The highest BCUT2D eigenvalue weighted by atomic mass is 32.2. The zero-order chi connectivity index (χ0) is 20.1. The van der Waals surface area contributed by atoms with E-state index in [1.807, 2.05) is 0 Å². The molecule has 3 aromatic rings. The molecule has 0 bridgehead atoms. The van der Waals surface area contributed by atoms with Crippen LogP contribution in [0.25, 0.3) is 6.08 Å². The Balaban J connectivity index is 1.72. The third kappa shape index (κ3) is 4.57. The molecule has 0 unspecified atom stereocenters. The summed E-state index contributed by atoms with van der Waals surface area (Å²) in [4.78, 5) is 12.1. The van der Waals surface area contributed by atoms with Gasteiger partial charge in [0, 0.05) is 11.1 Å². The zero-order valence-corrected chi connectivity index (χ0v) is 15.3. The van der Waals surface area contributed by atoms with Gasteiger partial charge in [0.05, 0.1) is 0 Å². The van der Waals surface area contributed by atoms with Crippen LogP contribution >= 0.6 is 0 Å². The first kappa shape index (κ1) is 19.2. The third-order valence-corrected chi connectivity index (χ3v) is 5.08. The van der Waals surface area contributed by atoms with Gasteiger partial charge in [-0.3, -0.25) is 4.79 Å². The van der Waals surface area contributed by atoms with Gasteiger partial charge in [-0.1, -0.05) is 18.2 Å². The van der Waals surface area contributed by atoms with Crippen molar-refractivity contribution in [1.82, 2.24) is 0 Å². The van der Waals surface area contributed by atoms with Crippen molar-refractivity contribution in [1.29, 1.82) is 0 Å². The van der Waals surface area contributed by atoms with Crippen LogP contribution in [0.15, 0.2) is 83.8 Å². The highest BCUT2D eigenvalue weighted by Crippen LogP contribution is 2.22. The fraction of sp³-hybridized carbons (Fsp3) is 0. The van der Waals surface area contributed by atoms with Gasteiger partial charge < -0.3 is 14.4 Å². The average Bonchev–Trinajstić information content (AvgIpc) is 2.68. The zero-order valence-electron chi connectivity index (χ0n) is 14.5. The number of carbonyl (C=O) groups excluding carboxylic acids is 1. The number of hydrogen-bond acceptors (Lipinski definition) is 6. The number of aromatic hydroxyl groups is 2. The summed E-state index contributed by atoms with van der Waals surface area (Å²) in [7, 11) is -4.05. The SMILES string of the molecule is O=C(/C=C/c1ccccc1O)c1ccc(OS(=O)(=O)c2ccc(O)cc2)cc1. The van der Waals surface area contributed by atoms with E-state index in [-0.39, 0.29) is 27.9 Å². The number of para-hydroxylation sites is 1. The van der Waals surface area contributed by atoms with E-state index in [0.717, 1.165) is 0 Å². The van der Waals surface area contributed by atoms with Crippen LogP contribution in [-0.4, -0.2) is 24.4 Å².